The Kier molecular flexibility index (Phi) is 5.53. The zero-order valence-corrected chi connectivity index (χ0v) is 16.1. The van der Waals surface area contributed by atoms with Gasteiger partial charge >= 0.3 is 5.63 Å². The number of anilines is 1. The maximum Gasteiger partial charge on any atom is 0.349 e. The second-order valence-corrected chi connectivity index (χ2v) is 7.07. The fourth-order valence-corrected chi connectivity index (χ4v) is 3.50. The van der Waals surface area contributed by atoms with Gasteiger partial charge in [-0.25, -0.2) is 9.48 Å². The van der Waals surface area contributed by atoms with E-state index in [9.17, 15) is 9.59 Å². The Morgan fingerprint density at radius 1 is 1.28 bits per heavy atom. The number of carbonyl (C=O) groups excluding carboxylic acids is 1. The lowest BCUT2D eigenvalue weighted by molar-refractivity contribution is 0.0796. The largest absolute Gasteiger partial charge is 0.427 e. The molecule has 4 heterocycles. The Labute approximate surface area is 167 Å². The molecule has 1 N–H and O–H groups in total. The van der Waals surface area contributed by atoms with Gasteiger partial charge < -0.3 is 14.5 Å². The molecule has 0 aromatic carbocycles. The third-order valence-electron chi connectivity index (χ3n) is 5.03. The highest BCUT2D eigenvalue weighted by molar-refractivity contribution is 6.04. The van der Waals surface area contributed by atoms with Crippen molar-refractivity contribution in [1.82, 2.24) is 14.8 Å². The minimum Gasteiger partial charge on any atom is -0.427 e. The van der Waals surface area contributed by atoms with Crippen LogP contribution in [0.15, 0.2) is 52.1 Å². The maximum atomic E-state index is 12.8. The van der Waals surface area contributed by atoms with Gasteiger partial charge in [-0.3, -0.25) is 9.78 Å². The van der Waals surface area contributed by atoms with Crippen LogP contribution in [0.2, 0.25) is 0 Å². The summed E-state index contributed by atoms with van der Waals surface area (Å²) in [4.78, 5) is 29.4. The van der Waals surface area contributed by atoms with E-state index in [2.05, 4.69) is 15.4 Å². The van der Waals surface area contributed by atoms with Crippen molar-refractivity contribution < 1.29 is 13.9 Å². The second kappa shape index (κ2) is 8.40. The number of rotatable bonds is 5. The van der Waals surface area contributed by atoms with Crippen LogP contribution in [0.1, 0.15) is 46.0 Å². The molecule has 0 unspecified atom stereocenters. The average molecular weight is 394 g/mol. The highest BCUT2D eigenvalue weighted by Gasteiger charge is 2.23. The Morgan fingerprint density at radius 3 is 2.83 bits per heavy atom. The van der Waals surface area contributed by atoms with Crippen molar-refractivity contribution in [3.63, 3.8) is 0 Å². The molecule has 1 aliphatic rings. The number of ether oxygens (including phenoxy) is 1. The number of aryl methyl sites for hydroxylation is 1. The van der Waals surface area contributed by atoms with E-state index >= 15 is 0 Å². The first-order valence-electron chi connectivity index (χ1n) is 9.56. The quantitative estimate of drug-likeness (QED) is 0.714. The molecule has 1 saturated heterocycles. The Bertz CT molecular complexity index is 1050. The van der Waals surface area contributed by atoms with Gasteiger partial charge in [-0.1, -0.05) is 6.07 Å². The van der Waals surface area contributed by atoms with Gasteiger partial charge in [-0.05, 0) is 43.0 Å². The summed E-state index contributed by atoms with van der Waals surface area (Å²) in [6.45, 7) is 3.50. The molecule has 3 aromatic heterocycles. The highest BCUT2D eigenvalue weighted by Crippen LogP contribution is 2.27. The number of hydrogen-bond acceptors (Lipinski definition) is 6. The van der Waals surface area contributed by atoms with E-state index < -0.39 is 11.5 Å². The first kappa shape index (κ1) is 19.1. The van der Waals surface area contributed by atoms with Crippen molar-refractivity contribution in [3.05, 3.63) is 75.7 Å². The first-order chi connectivity index (χ1) is 14.1. The molecule has 3 aromatic rings. The van der Waals surface area contributed by atoms with E-state index in [4.69, 9.17) is 9.15 Å². The summed E-state index contributed by atoms with van der Waals surface area (Å²) in [6.07, 6.45) is 6.64. The number of carbonyl (C=O) groups is 1. The third-order valence-corrected chi connectivity index (χ3v) is 5.03. The van der Waals surface area contributed by atoms with Gasteiger partial charge in [-0.15, -0.1) is 0 Å². The lowest BCUT2D eigenvalue weighted by Gasteiger charge is -2.21. The maximum absolute atomic E-state index is 12.8. The minimum absolute atomic E-state index is 0.00920. The van der Waals surface area contributed by atoms with Gasteiger partial charge in [0.2, 0.25) is 0 Å². The van der Waals surface area contributed by atoms with E-state index in [1.807, 2.05) is 12.1 Å². The van der Waals surface area contributed by atoms with Crippen LogP contribution in [0.5, 0.6) is 0 Å². The fraction of sp³-hybridized carbons (Fsp3) is 0.333. The SMILES string of the molecule is Cc1cc(C2CCOCC2)oc(=O)c1C(=O)Nc1ccnn1Cc1cccnc1. The summed E-state index contributed by atoms with van der Waals surface area (Å²) in [6, 6.07) is 7.24. The summed E-state index contributed by atoms with van der Waals surface area (Å²) in [5.41, 5.74) is 0.930. The number of hydrogen-bond donors (Lipinski definition) is 1. The number of aromatic nitrogens is 3. The molecule has 4 rings (SSSR count). The van der Waals surface area contributed by atoms with Crippen LogP contribution < -0.4 is 10.9 Å². The van der Waals surface area contributed by atoms with Gasteiger partial charge in [0, 0.05) is 37.6 Å². The minimum atomic E-state index is -0.623. The number of nitrogens with zero attached hydrogens (tertiary/aromatic N) is 3. The monoisotopic (exact) mass is 394 g/mol. The Morgan fingerprint density at radius 2 is 2.10 bits per heavy atom. The summed E-state index contributed by atoms with van der Waals surface area (Å²) in [5, 5.41) is 7.01. The van der Waals surface area contributed by atoms with Crippen LogP contribution in [0.4, 0.5) is 5.82 Å². The van der Waals surface area contributed by atoms with E-state index in [-0.39, 0.29) is 11.5 Å². The van der Waals surface area contributed by atoms with Crippen LogP contribution in [0.3, 0.4) is 0 Å². The molecule has 0 saturated carbocycles. The van der Waals surface area contributed by atoms with E-state index in [1.54, 1.807) is 42.3 Å². The summed E-state index contributed by atoms with van der Waals surface area (Å²) in [7, 11) is 0. The lowest BCUT2D eigenvalue weighted by atomic mass is 9.95. The van der Waals surface area contributed by atoms with Crippen molar-refractivity contribution in [3.8, 4) is 0 Å². The molecule has 8 nitrogen and oxygen atoms in total. The van der Waals surface area contributed by atoms with Crippen molar-refractivity contribution in [2.45, 2.75) is 32.2 Å². The smallest absolute Gasteiger partial charge is 0.349 e. The van der Waals surface area contributed by atoms with Crippen molar-refractivity contribution in [1.29, 1.82) is 0 Å². The number of amides is 1. The van der Waals surface area contributed by atoms with Gasteiger partial charge in [0.05, 0.1) is 12.7 Å². The summed E-state index contributed by atoms with van der Waals surface area (Å²) >= 11 is 0. The molecule has 1 fully saturated rings. The number of nitrogens with one attached hydrogen (secondary N) is 1. The number of pyridine rings is 1. The van der Waals surface area contributed by atoms with E-state index in [0.717, 1.165) is 18.4 Å². The van der Waals surface area contributed by atoms with Crippen molar-refractivity contribution in [2.24, 2.45) is 0 Å². The summed E-state index contributed by atoms with van der Waals surface area (Å²) < 4.78 is 12.5. The molecule has 8 heteroatoms. The molecular weight excluding hydrogens is 372 g/mol. The van der Waals surface area contributed by atoms with Crippen LogP contribution >= 0.6 is 0 Å². The zero-order chi connectivity index (χ0) is 20.2. The predicted molar refractivity (Wildman–Crippen MR) is 106 cm³/mol. The second-order valence-electron chi connectivity index (χ2n) is 7.07. The molecule has 0 bridgehead atoms. The third kappa shape index (κ3) is 4.27. The zero-order valence-electron chi connectivity index (χ0n) is 16.1. The van der Waals surface area contributed by atoms with Crippen LogP contribution in [0, 0.1) is 6.92 Å². The molecule has 150 valence electrons. The van der Waals surface area contributed by atoms with Crippen molar-refractivity contribution >= 4 is 11.7 Å². The van der Waals surface area contributed by atoms with Gasteiger partial charge in [0.1, 0.15) is 17.1 Å². The topological polar surface area (TPSA) is 99.2 Å². The average Bonchev–Trinajstić information content (AvgIpc) is 3.15. The van der Waals surface area contributed by atoms with Crippen LogP contribution in [-0.2, 0) is 11.3 Å². The van der Waals surface area contributed by atoms with Crippen LogP contribution in [-0.4, -0.2) is 33.9 Å². The first-order valence-corrected chi connectivity index (χ1v) is 9.56. The molecule has 29 heavy (non-hydrogen) atoms. The predicted octanol–water partition coefficient (Wildman–Crippen LogP) is 2.73. The molecular formula is C21H22N4O4. The van der Waals surface area contributed by atoms with E-state index in [0.29, 0.717) is 36.9 Å². The highest BCUT2D eigenvalue weighted by atomic mass is 16.5. The summed E-state index contributed by atoms with van der Waals surface area (Å²) in [5.74, 6) is 0.746. The standard InChI is InChI=1S/C21H22N4O4/c1-14-11-17(16-5-9-28-10-6-16)29-21(27)19(14)20(26)24-18-4-8-23-25(18)13-15-3-2-7-22-12-15/h2-4,7-8,11-12,16H,5-6,9-10,13H2,1H3,(H,24,26). The van der Waals surface area contributed by atoms with Gasteiger partial charge in [0.25, 0.3) is 5.91 Å². The molecule has 0 spiro atoms. The normalized spacial score (nSPS) is 14.7. The van der Waals surface area contributed by atoms with Crippen LogP contribution in [0.25, 0.3) is 0 Å². The van der Waals surface area contributed by atoms with Crippen molar-refractivity contribution in [2.75, 3.05) is 18.5 Å². The Hall–Kier alpha value is -3.26. The van der Waals surface area contributed by atoms with E-state index in [1.165, 1.54) is 0 Å². The molecule has 1 aliphatic heterocycles. The molecule has 1 amide bonds. The molecule has 0 atom stereocenters. The molecule has 0 radical (unpaired) electrons. The Balaban J connectivity index is 1.53. The molecule has 0 aliphatic carbocycles. The van der Waals surface area contributed by atoms with Gasteiger partial charge in [-0.2, -0.15) is 5.10 Å². The van der Waals surface area contributed by atoms with Gasteiger partial charge in [0.15, 0.2) is 0 Å². The fourth-order valence-electron chi connectivity index (χ4n) is 3.50. The lowest BCUT2D eigenvalue weighted by Crippen LogP contribution is -2.25.